The Labute approximate surface area is 103 Å². The molecule has 0 saturated carbocycles. The van der Waals surface area contributed by atoms with Crippen molar-refractivity contribution >= 4 is 5.91 Å². The number of nitrogens with one attached hydrogen (secondary N) is 2. The van der Waals surface area contributed by atoms with Gasteiger partial charge in [-0.3, -0.25) is 9.78 Å². The zero-order valence-electron chi connectivity index (χ0n) is 11.0. The van der Waals surface area contributed by atoms with Crippen molar-refractivity contribution < 1.29 is 4.79 Å². The highest BCUT2D eigenvalue weighted by molar-refractivity contribution is 5.78. The van der Waals surface area contributed by atoms with Gasteiger partial charge < -0.3 is 10.6 Å². The lowest BCUT2D eigenvalue weighted by Gasteiger charge is -2.20. The highest BCUT2D eigenvalue weighted by Crippen LogP contribution is 2.03. The summed E-state index contributed by atoms with van der Waals surface area (Å²) in [6.45, 7) is 8.93. The summed E-state index contributed by atoms with van der Waals surface area (Å²) in [5.41, 5.74) is 2.13. The van der Waals surface area contributed by atoms with E-state index in [9.17, 15) is 4.79 Å². The van der Waals surface area contributed by atoms with Crippen LogP contribution in [0.1, 0.15) is 31.9 Å². The molecule has 0 radical (unpaired) electrons. The number of nitrogens with zero attached hydrogens (tertiary/aromatic N) is 1. The van der Waals surface area contributed by atoms with E-state index >= 15 is 0 Å². The smallest absolute Gasteiger partial charge is 0.234 e. The molecule has 4 heteroatoms. The van der Waals surface area contributed by atoms with Crippen LogP contribution in [0.2, 0.25) is 0 Å². The van der Waals surface area contributed by atoms with Gasteiger partial charge in [-0.1, -0.05) is 0 Å². The molecule has 0 unspecified atom stereocenters. The number of hydrogen-bond acceptors (Lipinski definition) is 3. The fraction of sp³-hybridized carbons (Fsp3) is 0.538. The fourth-order valence-electron chi connectivity index (χ4n) is 1.45. The summed E-state index contributed by atoms with van der Waals surface area (Å²) in [4.78, 5) is 15.6. The van der Waals surface area contributed by atoms with Gasteiger partial charge >= 0.3 is 0 Å². The Morgan fingerprint density at radius 2 is 2.12 bits per heavy atom. The Hall–Kier alpha value is -1.42. The van der Waals surface area contributed by atoms with E-state index in [1.807, 2.05) is 40.0 Å². The van der Waals surface area contributed by atoms with Crippen LogP contribution in [-0.4, -0.2) is 23.0 Å². The maximum absolute atomic E-state index is 11.5. The number of rotatable bonds is 4. The van der Waals surface area contributed by atoms with Gasteiger partial charge in [0.15, 0.2) is 0 Å². The van der Waals surface area contributed by atoms with Gasteiger partial charge in [-0.05, 0) is 44.9 Å². The van der Waals surface area contributed by atoms with Crippen molar-refractivity contribution in [2.45, 2.75) is 39.8 Å². The Kier molecular flexibility index (Phi) is 4.63. The van der Waals surface area contributed by atoms with Crippen molar-refractivity contribution in [1.29, 1.82) is 0 Å². The van der Waals surface area contributed by atoms with Crippen LogP contribution in [0.5, 0.6) is 0 Å². The Morgan fingerprint density at radius 1 is 1.41 bits per heavy atom. The number of amides is 1. The van der Waals surface area contributed by atoms with E-state index < -0.39 is 0 Å². The second kappa shape index (κ2) is 5.77. The minimum absolute atomic E-state index is 0.0130. The summed E-state index contributed by atoms with van der Waals surface area (Å²) in [5.74, 6) is 0.0130. The molecule has 1 amide bonds. The maximum atomic E-state index is 11.5. The van der Waals surface area contributed by atoms with Gasteiger partial charge in [-0.25, -0.2) is 0 Å². The molecule has 1 rings (SSSR count). The molecular weight excluding hydrogens is 214 g/mol. The summed E-state index contributed by atoms with van der Waals surface area (Å²) >= 11 is 0. The number of carbonyl (C=O) groups excluding carboxylic acids is 1. The third kappa shape index (κ3) is 5.45. The Balaban J connectivity index is 2.34. The predicted octanol–water partition coefficient (Wildman–Crippen LogP) is 1.39. The first-order chi connectivity index (χ1) is 7.88. The van der Waals surface area contributed by atoms with Crippen LogP contribution in [0.4, 0.5) is 0 Å². The SMILES string of the molecule is Cc1ccncc1CNCC(=O)NC(C)(C)C. The quantitative estimate of drug-likeness (QED) is 0.829. The second-order valence-corrected chi connectivity index (χ2v) is 5.20. The maximum Gasteiger partial charge on any atom is 0.234 e. The highest BCUT2D eigenvalue weighted by atomic mass is 16.2. The van der Waals surface area contributed by atoms with Crippen LogP contribution in [-0.2, 0) is 11.3 Å². The summed E-state index contributed by atoms with van der Waals surface area (Å²) in [6, 6.07) is 1.96. The summed E-state index contributed by atoms with van der Waals surface area (Å²) < 4.78 is 0. The normalized spacial score (nSPS) is 11.3. The monoisotopic (exact) mass is 235 g/mol. The molecule has 0 bridgehead atoms. The van der Waals surface area contributed by atoms with Gasteiger partial charge in [0.05, 0.1) is 6.54 Å². The van der Waals surface area contributed by atoms with Gasteiger partial charge in [0.1, 0.15) is 0 Å². The fourth-order valence-corrected chi connectivity index (χ4v) is 1.45. The molecule has 0 aromatic carbocycles. The van der Waals surface area contributed by atoms with E-state index in [0.29, 0.717) is 13.1 Å². The minimum atomic E-state index is -0.178. The van der Waals surface area contributed by atoms with Crippen LogP contribution in [0.15, 0.2) is 18.5 Å². The Bertz CT molecular complexity index is 382. The van der Waals surface area contributed by atoms with Gasteiger partial charge in [0.25, 0.3) is 0 Å². The van der Waals surface area contributed by atoms with E-state index in [1.54, 1.807) is 6.20 Å². The standard InChI is InChI=1S/C13H21N3O/c1-10-5-6-14-7-11(10)8-15-9-12(17)16-13(2,3)4/h5-7,15H,8-9H2,1-4H3,(H,16,17). The molecule has 1 heterocycles. The van der Waals surface area contributed by atoms with Crippen molar-refractivity contribution in [3.05, 3.63) is 29.6 Å². The van der Waals surface area contributed by atoms with E-state index in [0.717, 1.165) is 5.56 Å². The topological polar surface area (TPSA) is 54.0 Å². The van der Waals surface area contributed by atoms with Crippen LogP contribution < -0.4 is 10.6 Å². The van der Waals surface area contributed by atoms with Crippen LogP contribution in [0.3, 0.4) is 0 Å². The molecule has 0 aliphatic carbocycles. The van der Waals surface area contributed by atoms with E-state index in [-0.39, 0.29) is 11.4 Å². The first kappa shape index (κ1) is 13.6. The number of aryl methyl sites for hydroxylation is 1. The zero-order chi connectivity index (χ0) is 12.9. The predicted molar refractivity (Wildman–Crippen MR) is 68.6 cm³/mol. The largest absolute Gasteiger partial charge is 0.350 e. The number of pyridine rings is 1. The molecule has 0 fully saturated rings. The van der Waals surface area contributed by atoms with Crippen molar-refractivity contribution in [3.63, 3.8) is 0 Å². The molecule has 0 saturated heterocycles. The van der Waals surface area contributed by atoms with E-state index in [2.05, 4.69) is 15.6 Å². The van der Waals surface area contributed by atoms with Crippen molar-refractivity contribution in [2.24, 2.45) is 0 Å². The second-order valence-electron chi connectivity index (χ2n) is 5.20. The third-order valence-electron chi connectivity index (χ3n) is 2.26. The molecule has 94 valence electrons. The van der Waals surface area contributed by atoms with Crippen molar-refractivity contribution in [1.82, 2.24) is 15.6 Å². The molecule has 4 nitrogen and oxygen atoms in total. The lowest BCUT2D eigenvalue weighted by Crippen LogP contribution is -2.44. The highest BCUT2D eigenvalue weighted by Gasteiger charge is 2.12. The first-order valence-corrected chi connectivity index (χ1v) is 5.80. The number of carbonyl (C=O) groups is 1. The van der Waals surface area contributed by atoms with Crippen LogP contribution in [0, 0.1) is 6.92 Å². The van der Waals surface area contributed by atoms with Crippen LogP contribution in [0.25, 0.3) is 0 Å². The molecule has 0 aliphatic heterocycles. The number of hydrogen-bond donors (Lipinski definition) is 2. The first-order valence-electron chi connectivity index (χ1n) is 5.80. The van der Waals surface area contributed by atoms with Gasteiger partial charge in [0, 0.05) is 24.5 Å². The van der Waals surface area contributed by atoms with Crippen molar-refractivity contribution in [3.8, 4) is 0 Å². The molecule has 0 aliphatic rings. The average Bonchev–Trinajstić information content (AvgIpc) is 2.18. The molecule has 2 N–H and O–H groups in total. The summed E-state index contributed by atoms with van der Waals surface area (Å²) in [6.07, 6.45) is 3.59. The molecule has 17 heavy (non-hydrogen) atoms. The zero-order valence-corrected chi connectivity index (χ0v) is 11.0. The molecular formula is C13H21N3O. The van der Waals surface area contributed by atoms with Gasteiger partial charge in [-0.2, -0.15) is 0 Å². The molecule has 1 aromatic heterocycles. The van der Waals surface area contributed by atoms with Crippen molar-refractivity contribution in [2.75, 3.05) is 6.54 Å². The minimum Gasteiger partial charge on any atom is -0.350 e. The summed E-state index contributed by atoms with van der Waals surface area (Å²) in [7, 11) is 0. The summed E-state index contributed by atoms with van der Waals surface area (Å²) in [5, 5.41) is 6.02. The van der Waals surface area contributed by atoms with Crippen LogP contribution >= 0.6 is 0 Å². The van der Waals surface area contributed by atoms with E-state index in [1.165, 1.54) is 5.56 Å². The molecule has 0 spiro atoms. The Morgan fingerprint density at radius 3 is 2.71 bits per heavy atom. The third-order valence-corrected chi connectivity index (χ3v) is 2.26. The molecule has 0 atom stereocenters. The lowest BCUT2D eigenvalue weighted by molar-refractivity contribution is -0.121. The van der Waals surface area contributed by atoms with E-state index in [4.69, 9.17) is 0 Å². The molecule has 1 aromatic rings. The van der Waals surface area contributed by atoms with Gasteiger partial charge in [-0.15, -0.1) is 0 Å². The lowest BCUT2D eigenvalue weighted by atomic mass is 10.1. The van der Waals surface area contributed by atoms with Gasteiger partial charge in [0.2, 0.25) is 5.91 Å². The average molecular weight is 235 g/mol. The number of aromatic nitrogens is 1.